The van der Waals surface area contributed by atoms with Crippen molar-refractivity contribution in [2.45, 2.75) is 44.7 Å². The molecule has 3 amide bonds. The molecule has 2 rings (SSSR count). The number of carbonyl (C=O) groups excluding carboxylic acids is 2. The summed E-state index contributed by atoms with van der Waals surface area (Å²) in [5, 5.41) is 4.50. The van der Waals surface area contributed by atoms with E-state index >= 15 is 0 Å². The third-order valence-electron chi connectivity index (χ3n) is 4.84. The van der Waals surface area contributed by atoms with Crippen LogP contribution in [0.25, 0.3) is 0 Å². The molecule has 1 aromatic carbocycles. The Labute approximate surface area is 161 Å². The number of imide groups is 1. The fourth-order valence-corrected chi connectivity index (χ4v) is 4.67. The molecular weight excluding hydrogens is 368 g/mol. The van der Waals surface area contributed by atoms with Gasteiger partial charge in [-0.3, -0.25) is 9.69 Å². The van der Waals surface area contributed by atoms with Crippen LogP contribution in [0.1, 0.15) is 39.3 Å². The molecule has 9 heteroatoms. The highest BCUT2D eigenvalue weighted by molar-refractivity contribution is 7.89. The van der Waals surface area contributed by atoms with Gasteiger partial charge in [0.05, 0.1) is 4.90 Å². The van der Waals surface area contributed by atoms with Gasteiger partial charge in [0.2, 0.25) is 10.0 Å². The van der Waals surface area contributed by atoms with E-state index in [0.29, 0.717) is 26.2 Å². The van der Waals surface area contributed by atoms with Gasteiger partial charge in [-0.1, -0.05) is 26.0 Å². The normalized spacial score (nSPS) is 17.1. The number of nitrogens with two attached hydrogens (primary N) is 1. The molecule has 1 aliphatic heterocycles. The van der Waals surface area contributed by atoms with Gasteiger partial charge in [0.1, 0.15) is 6.04 Å². The first-order valence-corrected chi connectivity index (χ1v) is 10.7. The second kappa shape index (κ2) is 8.81. The Bertz CT molecular complexity index is 775. The van der Waals surface area contributed by atoms with Crippen molar-refractivity contribution in [2.75, 3.05) is 26.2 Å². The van der Waals surface area contributed by atoms with Crippen molar-refractivity contribution < 1.29 is 23.3 Å². The van der Waals surface area contributed by atoms with Crippen LogP contribution in [0.2, 0.25) is 0 Å². The maximum Gasteiger partial charge on any atom is 0.324 e. The van der Waals surface area contributed by atoms with Crippen LogP contribution in [0.5, 0.6) is 0 Å². The Morgan fingerprint density at radius 3 is 2.30 bits per heavy atom. The van der Waals surface area contributed by atoms with Crippen molar-refractivity contribution in [1.82, 2.24) is 14.5 Å². The van der Waals surface area contributed by atoms with Crippen LogP contribution in [-0.2, 0) is 14.8 Å². The first kappa shape index (κ1) is 21.3. The number of hydrogen-bond acceptors (Lipinski definition) is 4. The number of hydrogen-bond donors (Lipinski definition) is 2. The Hall–Kier alpha value is -1.97. The van der Waals surface area contributed by atoms with E-state index in [9.17, 15) is 18.0 Å². The van der Waals surface area contributed by atoms with Gasteiger partial charge in [0.25, 0.3) is 5.91 Å². The molecule has 8 nitrogen and oxygen atoms in total. The fourth-order valence-electron chi connectivity index (χ4n) is 3.21. The second-order valence-electron chi connectivity index (χ2n) is 6.65. The van der Waals surface area contributed by atoms with Crippen molar-refractivity contribution >= 4 is 22.0 Å². The molecule has 0 spiro atoms. The topological polar surface area (TPSA) is 103 Å². The summed E-state index contributed by atoms with van der Waals surface area (Å²) in [6.07, 6.45) is 0. The Morgan fingerprint density at radius 1 is 1.22 bits per heavy atom. The van der Waals surface area contributed by atoms with Gasteiger partial charge in [-0.2, -0.15) is 4.31 Å². The maximum absolute atomic E-state index is 12.6. The summed E-state index contributed by atoms with van der Waals surface area (Å²) in [4.78, 5) is 25.5. The molecule has 1 fully saturated rings. The number of carbonyl (C=O) groups is 2. The molecule has 1 heterocycles. The molecule has 0 saturated carbocycles. The van der Waals surface area contributed by atoms with Gasteiger partial charge < -0.3 is 10.6 Å². The summed E-state index contributed by atoms with van der Waals surface area (Å²) in [5.41, 5.74) is 0.916. The minimum absolute atomic E-state index is 0.0557. The largest absolute Gasteiger partial charge is 0.336 e. The maximum atomic E-state index is 12.6. The smallest absolute Gasteiger partial charge is 0.324 e. The SMILES string of the molecule is CCN(CC)S(=O)(=O)c1ccc([C@H](C)[NH2+][C@H](C)C(=O)N2CCNC2=O)cc1. The van der Waals surface area contributed by atoms with Crippen molar-refractivity contribution in [3.05, 3.63) is 29.8 Å². The van der Waals surface area contributed by atoms with Crippen molar-refractivity contribution in [3.63, 3.8) is 0 Å². The van der Waals surface area contributed by atoms with Gasteiger partial charge in [-0.15, -0.1) is 0 Å². The lowest BCUT2D eigenvalue weighted by Crippen LogP contribution is -2.92. The van der Waals surface area contributed by atoms with Crippen molar-refractivity contribution in [3.8, 4) is 0 Å². The number of sulfonamides is 1. The average Bonchev–Trinajstić information content (AvgIpc) is 3.07. The van der Waals surface area contributed by atoms with E-state index in [1.165, 1.54) is 9.21 Å². The lowest BCUT2D eigenvalue weighted by Gasteiger charge is -2.21. The number of nitrogens with one attached hydrogen (secondary N) is 1. The minimum Gasteiger partial charge on any atom is -0.336 e. The monoisotopic (exact) mass is 397 g/mol. The van der Waals surface area contributed by atoms with Crippen LogP contribution in [0.4, 0.5) is 4.79 Å². The zero-order valence-electron chi connectivity index (χ0n) is 16.3. The van der Waals surface area contributed by atoms with E-state index in [1.54, 1.807) is 31.2 Å². The van der Waals surface area contributed by atoms with Crippen LogP contribution < -0.4 is 10.6 Å². The van der Waals surface area contributed by atoms with Crippen LogP contribution in [-0.4, -0.2) is 61.8 Å². The third-order valence-corrected chi connectivity index (χ3v) is 6.90. The molecule has 1 aromatic rings. The number of urea groups is 1. The molecule has 150 valence electrons. The molecule has 0 aromatic heterocycles. The molecule has 0 bridgehead atoms. The van der Waals surface area contributed by atoms with Crippen LogP contribution in [0.15, 0.2) is 29.2 Å². The third kappa shape index (κ3) is 4.66. The molecule has 0 unspecified atom stereocenters. The molecule has 3 N–H and O–H groups in total. The molecule has 1 aliphatic rings. The number of benzene rings is 1. The summed E-state index contributed by atoms with van der Waals surface area (Å²) in [5.74, 6) is -0.224. The van der Waals surface area contributed by atoms with E-state index in [-0.39, 0.29) is 22.9 Å². The van der Waals surface area contributed by atoms with Gasteiger partial charge in [-0.25, -0.2) is 13.2 Å². The highest BCUT2D eigenvalue weighted by atomic mass is 32.2. The highest BCUT2D eigenvalue weighted by Gasteiger charge is 2.32. The van der Waals surface area contributed by atoms with E-state index in [2.05, 4.69) is 5.32 Å². The van der Waals surface area contributed by atoms with E-state index in [0.717, 1.165) is 5.56 Å². The van der Waals surface area contributed by atoms with Gasteiger partial charge in [0, 0.05) is 31.7 Å². The Morgan fingerprint density at radius 2 is 1.81 bits per heavy atom. The highest BCUT2D eigenvalue weighted by Crippen LogP contribution is 2.18. The lowest BCUT2D eigenvalue weighted by atomic mass is 10.1. The van der Waals surface area contributed by atoms with Crippen LogP contribution in [0.3, 0.4) is 0 Å². The number of quaternary nitrogens is 1. The quantitative estimate of drug-likeness (QED) is 0.658. The molecule has 0 radical (unpaired) electrons. The first-order chi connectivity index (χ1) is 12.7. The summed E-state index contributed by atoms with van der Waals surface area (Å²) in [7, 11) is -3.48. The summed E-state index contributed by atoms with van der Waals surface area (Å²) < 4.78 is 26.5. The van der Waals surface area contributed by atoms with Crippen LogP contribution in [0, 0.1) is 0 Å². The molecule has 0 aliphatic carbocycles. The van der Waals surface area contributed by atoms with E-state index in [1.807, 2.05) is 26.1 Å². The molecule has 27 heavy (non-hydrogen) atoms. The zero-order valence-corrected chi connectivity index (χ0v) is 17.1. The molecule has 2 atom stereocenters. The number of amides is 3. The van der Waals surface area contributed by atoms with Crippen molar-refractivity contribution in [1.29, 1.82) is 0 Å². The fraction of sp³-hybridized carbons (Fsp3) is 0.556. The predicted octanol–water partition coefficient (Wildman–Crippen LogP) is 0.282. The van der Waals surface area contributed by atoms with Crippen molar-refractivity contribution in [2.24, 2.45) is 0 Å². The first-order valence-electron chi connectivity index (χ1n) is 9.26. The zero-order chi connectivity index (χ0) is 20.2. The Balaban J connectivity index is 2.06. The van der Waals surface area contributed by atoms with Crippen LogP contribution >= 0.6 is 0 Å². The van der Waals surface area contributed by atoms with E-state index in [4.69, 9.17) is 0 Å². The van der Waals surface area contributed by atoms with E-state index < -0.39 is 16.1 Å². The minimum atomic E-state index is -3.48. The predicted molar refractivity (Wildman–Crippen MR) is 101 cm³/mol. The van der Waals surface area contributed by atoms with Gasteiger partial charge in [0.15, 0.2) is 6.04 Å². The van der Waals surface area contributed by atoms with Gasteiger partial charge >= 0.3 is 6.03 Å². The second-order valence-corrected chi connectivity index (χ2v) is 8.59. The molecular formula is C18H29N4O4S+. The standard InChI is InChI=1S/C18H28N4O4S/c1-5-21(6-2)27(25,26)16-9-7-15(8-10-16)13(3)20-14(4)17(23)22-12-11-19-18(22)24/h7-10,13-14,20H,5-6,11-12H2,1-4H3,(H,19,24)/p+1/t13-,14+/m0/s1. The lowest BCUT2D eigenvalue weighted by molar-refractivity contribution is -0.710. The Kier molecular flexibility index (Phi) is 6.96. The number of nitrogens with zero attached hydrogens (tertiary/aromatic N) is 2. The molecule has 1 saturated heterocycles. The summed E-state index contributed by atoms with van der Waals surface area (Å²) in [6, 6.07) is 5.94. The summed E-state index contributed by atoms with van der Waals surface area (Å²) >= 11 is 0. The number of rotatable bonds is 8. The summed E-state index contributed by atoms with van der Waals surface area (Å²) in [6.45, 7) is 9.06. The average molecular weight is 398 g/mol. The van der Waals surface area contributed by atoms with Gasteiger partial charge in [-0.05, 0) is 26.0 Å².